The van der Waals surface area contributed by atoms with Crippen LogP contribution < -0.4 is 4.74 Å². The molecule has 1 amide bonds. The zero-order valence-corrected chi connectivity index (χ0v) is 21.6. The highest BCUT2D eigenvalue weighted by molar-refractivity contribution is 9.10. The Hall–Kier alpha value is -3.36. The minimum Gasteiger partial charge on any atom is -0.488 e. The standard InChI is InChI=1S/C27H23BrN2O4S/c1-3-30-25(31)24(35-27(30)29-21-6-4-5-20(15-21)26(32)33)14-19-11-12-23(22(28)13-19)34-16-18-9-7-17(2)8-10-18/h4-15H,3,16H2,1-2H3,(H,32,33)/b24-14-,29-27?. The van der Waals surface area contributed by atoms with Gasteiger partial charge in [0, 0.05) is 6.54 Å². The minimum absolute atomic E-state index is 0.138. The molecule has 0 aromatic heterocycles. The number of aryl methyl sites for hydroxylation is 1. The molecular formula is C27H23BrN2O4S. The van der Waals surface area contributed by atoms with Crippen molar-refractivity contribution in [3.63, 3.8) is 0 Å². The van der Waals surface area contributed by atoms with Gasteiger partial charge in [-0.25, -0.2) is 9.79 Å². The molecule has 0 aliphatic carbocycles. The highest BCUT2D eigenvalue weighted by Gasteiger charge is 2.32. The Bertz CT molecular complexity index is 1340. The number of carboxylic acids is 1. The lowest BCUT2D eigenvalue weighted by Crippen LogP contribution is -2.28. The molecule has 3 aromatic rings. The van der Waals surface area contributed by atoms with Crippen molar-refractivity contribution in [1.82, 2.24) is 4.90 Å². The Balaban J connectivity index is 1.52. The van der Waals surface area contributed by atoms with Gasteiger partial charge in [0.1, 0.15) is 12.4 Å². The van der Waals surface area contributed by atoms with Gasteiger partial charge in [-0.2, -0.15) is 0 Å². The lowest BCUT2D eigenvalue weighted by molar-refractivity contribution is -0.122. The number of ether oxygens (including phenoxy) is 1. The molecule has 8 heteroatoms. The molecule has 1 N–H and O–H groups in total. The van der Waals surface area contributed by atoms with Crippen LogP contribution in [0.4, 0.5) is 5.69 Å². The molecule has 0 saturated carbocycles. The molecule has 3 aromatic carbocycles. The molecule has 1 fully saturated rings. The van der Waals surface area contributed by atoms with Crippen LogP contribution in [-0.4, -0.2) is 33.6 Å². The summed E-state index contributed by atoms with van der Waals surface area (Å²) in [4.78, 5) is 30.9. The fourth-order valence-corrected chi connectivity index (χ4v) is 4.98. The van der Waals surface area contributed by atoms with Crippen LogP contribution in [0.1, 0.15) is 34.0 Å². The van der Waals surface area contributed by atoms with Gasteiger partial charge in [0.05, 0.1) is 20.6 Å². The summed E-state index contributed by atoms with van der Waals surface area (Å²) in [6.07, 6.45) is 1.82. The van der Waals surface area contributed by atoms with E-state index < -0.39 is 5.97 Å². The van der Waals surface area contributed by atoms with Gasteiger partial charge >= 0.3 is 5.97 Å². The van der Waals surface area contributed by atoms with Gasteiger partial charge in [-0.3, -0.25) is 9.69 Å². The molecule has 35 heavy (non-hydrogen) atoms. The Morgan fingerprint density at radius 1 is 1.14 bits per heavy atom. The molecule has 0 bridgehead atoms. The van der Waals surface area contributed by atoms with E-state index in [1.807, 2.05) is 50.3 Å². The molecule has 1 heterocycles. The van der Waals surface area contributed by atoms with E-state index in [-0.39, 0.29) is 11.5 Å². The molecule has 0 atom stereocenters. The summed E-state index contributed by atoms with van der Waals surface area (Å²) in [6, 6.07) is 20.2. The zero-order chi connectivity index (χ0) is 24.9. The number of hydrogen-bond donors (Lipinski definition) is 1. The first-order valence-electron chi connectivity index (χ1n) is 11.0. The van der Waals surface area contributed by atoms with Crippen LogP contribution in [-0.2, 0) is 11.4 Å². The van der Waals surface area contributed by atoms with Crippen LogP contribution in [0.25, 0.3) is 6.08 Å². The number of rotatable bonds is 7. The molecule has 6 nitrogen and oxygen atoms in total. The van der Waals surface area contributed by atoms with Crippen molar-refractivity contribution in [2.24, 2.45) is 4.99 Å². The molecule has 0 radical (unpaired) electrons. The summed E-state index contributed by atoms with van der Waals surface area (Å²) in [6.45, 7) is 4.84. The summed E-state index contributed by atoms with van der Waals surface area (Å²) in [5.74, 6) is -0.442. The van der Waals surface area contributed by atoms with E-state index in [0.29, 0.717) is 34.7 Å². The van der Waals surface area contributed by atoms with Crippen molar-refractivity contribution in [2.45, 2.75) is 20.5 Å². The fourth-order valence-electron chi connectivity index (χ4n) is 3.41. The number of thioether (sulfide) groups is 1. The first-order valence-corrected chi connectivity index (χ1v) is 12.6. The number of amidine groups is 1. The van der Waals surface area contributed by atoms with Crippen molar-refractivity contribution in [1.29, 1.82) is 0 Å². The van der Waals surface area contributed by atoms with Crippen molar-refractivity contribution >= 4 is 56.5 Å². The average molecular weight is 551 g/mol. The highest BCUT2D eigenvalue weighted by Crippen LogP contribution is 2.35. The highest BCUT2D eigenvalue weighted by atomic mass is 79.9. The summed E-state index contributed by atoms with van der Waals surface area (Å²) in [5.41, 5.74) is 3.77. The number of aliphatic imine (C=N–C) groups is 1. The molecule has 1 saturated heterocycles. The van der Waals surface area contributed by atoms with Gasteiger partial charge in [-0.1, -0.05) is 42.0 Å². The molecule has 4 rings (SSSR count). The molecular weight excluding hydrogens is 528 g/mol. The smallest absolute Gasteiger partial charge is 0.335 e. The predicted molar refractivity (Wildman–Crippen MR) is 143 cm³/mol. The van der Waals surface area contributed by atoms with Crippen LogP contribution in [0.2, 0.25) is 0 Å². The molecule has 1 aliphatic heterocycles. The van der Waals surface area contributed by atoms with E-state index in [9.17, 15) is 14.7 Å². The van der Waals surface area contributed by atoms with Gasteiger partial charge in [0.15, 0.2) is 5.17 Å². The third kappa shape index (κ3) is 6.01. The summed E-state index contributed by atoms with van der Waals surface area (Å²) < 4.78 is 6.74. The lowest BCUT2D eigenvalue weighted by Gasteiger charge is -2.12. The second-order valence-corrected chi connectivity index (χ2v) is 9.74. The van der Waals surface area contributed by atoms with Crippen LogP contribution in [0.15, 0.2) is 81.1 Å². The maximum atomic E-state index is 13.0. The van der Waals surface area contributed by atoms with Crippen molar-refractivity contribution in [3.8, 4) is 5.75 Å². The number of carboxylic acid groups (broad SMARTS) is 1. The van der Waals surface area contributed by atoms with Gasteiger partial charge in [-0.15, -0.1) is 0 Å². The Morgan fingerprint density at radius 3 is 2.60 bits per heavy atom. The Morgan fingerprint density at radius 2 is 1.91 bits per heavy atom. The van der Waals surface area contributed by atoms with E-state index in [1.165, 1.54) is 29.5 Å². The molecule has 178 valence electrons. The SMILES string of the molecule is CCN1C(=O)/C(=C/c2ccc(OCc3ccc(C)cc3)c(Br)c2)SC1=Nc1cccc(C(=O)O)c1. The lowest BCUT2D eigenvalue weighted by atomic mass is 10.1. The van der Waals surface area contributed by atoms with Crippen molar-refractivity contribution in [3.05, 3.63) is 98.4 Å². The first-order chi connectivity index (χ1) is 16.8. The van der Waals surface area contributed by atoms with Crippen LogP contribution >= 0.6 is 27.7 Å². The number of carbonyl (C=O) groups excluding carboxylic acids is 1. The number of likely N-dealkylation sites (N-methyl/N-ethyl adjacent to an activating group) is 1. The maximum absolute atomic E-state index is 13.0. The summed E-state index contributed by atoms with van der Waals surface area (Å²) in [7, 11) is 0. The number of amides is 1. The quantitative estimate of drug-likeness (QED) is 0.333. The van der Waals surface area contributed by atoms with E-state index in [4.69, 9.17) is 4.74 Å². The predicted octanol–water partition coefficient (Wildman–Crippen LogP) is 6.66. The number of nitrogens with zero attached hydrogens (tertiary/aromatic N) is 2. The minimum atomic E-state index is -1.02. The monoisotopic (exact) mass is 550 g/mol. The molecule has 0 unspecified atom stereocenters. The van der Waals surface area contributed by atoms with E-state index in [1.54, 1.807) is 17.0 Å². The van der Waals surface area contributed by atoms with Gasteiger partial charge in [-0.05, 0) is 89.1 Å². The second-order valence-electron chi connectivity index (χ2n) is 7.87. The number of hydrogen-bond acceptors (Lipinski definition) is 5. The largest absolute Gasteiger partial charge is 0.488 e. The third-order valence-corrected chi connectivity index (χ3v) is 6.92. The summed E-state index contributed by atoms with van der Waals surface area (Å²) in [5, 5.41) is 9.74. The van der Waals surface area contributed by atoms with E-state index in [0.717, 1.165) is 15.6 Å². The number of aromatic carboxylic acids is 1. The normalized spacial score (nSPS) is 15.7. The fraction of sp³-hybridized carbons (Fsp3) is 0.148. The van der Waals surface area contributed by atoms with Crippen LogP contribution in [0, 0.1) is 6.92 Å². The number of benzene rings is 3. The van der Waals surface area contributed by atoms with E-state index >= 15 is 0 Å². The van der Waals surface area contributed by atoms with Gasteiger partial charge in [0.25, 0.3) is 5.91 Å². The van der Waals surface area contributed by atoms with Gasteiger partial charge < -0.3 is 9.84 Å². The second kappa shape index (κ2) is 10.9. The van der Waals surface area contributed by atoms with Gasteiger partial charge in [0.2, 0.25) is 0 Å². The maximum Gasteiger partial charge on any atom is 0.335 e. The Labute approximate surface area is 216 Å². The first kappa shape index (κ1) is 24.8. The average Bonchev–Trinajstić information content (AvgIpc) is 3.13. The summed E-state index contributed by atoms with van der Waals surface area (Å²) >= 11 is 4.84. The number of carbonyl (C=O) groups is 2. The zero-order valence-electron chi connectivity index (χ0n) is 19.2. The molecule has 1 aliphatic rings. The van der Waals surface area contributed by atoms with Crippen molar-refractivity contribution in [2.75, 3.05) is 6.54 Å². The van der Waals surface area contributed by atoms with Crippen LogP contribution in [0.5, 0.6) is 5.75 Å². The topological polar surface area (TPSA) is 79.2 Å². The van der Waals surface area contributed by atoms with Crippen LogP contribution in [0.3, 0.4) is 0 Å². The van der Waals surface area contributed by atoms with Crippen molar-refractivity contribution < 1.29 is 19.4 Å². The third-order valence-electron chi connectivity index (χ3n) is 5.29. The Kier molecular flexibility index (Phi) is 7.73. The van der Waals surface area contributed by atoms with E-state index in [2.05, 4.69) is 33.1 Å². The molecule has 0 spiro atoms. The number of halogens is 1.